The fraction of sp³-hybridized carbons (Fsp3) is 0.133. The zero-order valence-electron chi connectivity index (χ0n) is 10.3. The number of rotatable bonds is 4. The van der Waals surface area contributed by atoms with Gasteiger partial charge in [-0.25, -0.2) is 0 Å². The van der Waals surface area contributed by atoms with E-state index < -0.39 is 0 Å². The largest absolute Gasteiger partial charge is 0.489 e. The Balaban J connectivity index is 2.06. The van der Waals surface area contributed by atoms with Crippen LogP contribution in [0.25, 0.3) is 0 Å². The maximum atomic E-state index is 11.1. The van der Waals surface area contributed by atoms with Crippen LogP contribution in [0.3, 0.4) is 0 Å². The van der Waals surface area contributed by atoms with Gasteiger partial charge in [0.2, 0.25) is 0 Å². The molecule has 0 amide bonds. The lowest BCUT2D eigenvalue weighted by molar-refractivity contribution is 0.101. The number of hydrogen-bond donors (Lipinski definition) is 0. The van der Waals surface area contributed by atoms with E-state index >= 15 is 0 Å². The number of carbonyl (C=O) groups is 1. The van der Waals surface area contributed by atoms with Gasteiger partial charge in [0.1, 0.15) is 12.4 Å². The highest BCUT2D eigenvalue weighted by Gasteiger charge is 2.05. The molecule has 0 radical (unpaired) electrons. The Hall–Kier alpha value is -1.51. The number of carbonyl (C=O) groups excluding carboxylic acids is 1. The quantitative estimate of drug-likeness (QED) is 0.759. The second-order valence-corrected chi connectivity index (χ2v) is 4.87. The van der Waals surface area contributed by atoms with E-state index in [-0.39, 0.29) is 5.78 Å². The van der Waals surface area contributed by atoms with Gasteiger partial charge >= 0.3 is 0 Å². The third kappa shape index (κ3) is 3.49. The molecular weight excluding hydrogens is 283 g/mol. The number of hydrogen-bond acceptors (Lipinski definition) is 2. The second kappa shape index (κ2) is 6.09. The van der Waals surface area contributed by atoms with Crippen molar-refractivity contribution in [3.05, 3.63) is 63.6 Å². The first-order valence-electron chi connectivity index (χ1n) is 5.74. The Morgan fingerprint density at radius 2 is 1.79 bits per heavy atom. The summed E-state index contributed by atoms with van der Waals surface area (Å²) >= 11 is 12.0. The molecule has 0 spiro atoms. The van der Waals surface area contributed by atoms with E-state index in [0.29, 0.717) is 28.0 Å². The van der Waals surface area contributed by atoms with Crippen molar-refractivity contribution in [2.24, 2.45) is 0 Å². The second-order valence-electron chi connectivity index (χ2n) is 4.08. The lowest BCUT2D eigenvalue weighted by Crippen LogP contribution is -1.97. The summed E-state index contributed by atoms with van der Waals surface area (Å²) in [4.78, 5) is 11.1. The van der Waals surface area contributed by atoms with Gasteiger partial charge in [-0.15, -0.1) is 0 Å². The summed E-state index contributed by atoms with van der Waals surface area (Å²) in [5.41, 5.74) is 1.48. The molecule has 2 rings (SSSR count). The van der Waals surface area contributed by atoms with E-state index in [1.807, 2.05) is 12.1 Å². The molecule has 2 nitrogen and oxygen atoms in total. The summed E-state index contributed by atoms with van der Waals surface area (Å²) in [7, 11) is 0. The summed E-state index contributed by atoms with van der Waals surface area (Å²) in [6.45, 7) is 1.86. The van der Waals surface area contributed by atoms with Gasteiger partial charge in [-0.3, -0.25) is 4.79 Å². The molecule has 0 unspecified atom stereocenters. The molecule has 2 aromatic carbocycles. The van der Waals surface area contributed by atoms with Crippen LogP contribution in [0.5, 0.6) is 5.75 Å². The monoisotopic (exact) mass is 294 g/mol. The molecular formula is C15H12Cl2O2. The molecule has 19 heavy (non-hydrogen) atoms. The molecule has 0 aromatic heterocycles. The van der Waals surface area contributed by atoms with Crippen molar-refractivity contribution in [3.8, 4) is 5.75 Å². The van der Waals surface area contributed by atoms with Crippen molar-refractivity contribution in [2.75, 3.05) is 0 Å². The summed E-state index contributed by atoms with van der Waals surface area (Å²) < 4.78 is 5.61. The standard InChI is InChI=1S/C15H12Cl2O2/c1-10(18)11-5-7-13(8-6-11)19-9-12-3-2-4-14(16)15(12)17/h2-8H,9H2,1H3. The molecule has 0 aliphatic carbocycles. The van der Waals surface area contributed by atoms with Crippen LogP contribution in [0.2, 0.25) is 10.0 Å². The average Bonchev–Trinajstić information content (AvgIpc) is 2.41. The fourth-order valence-corrected chi connectivity index (χ4v) is 1.98. The maximum absolute atomic E-state index is 11.1. The third-order valence-corrected chi connectivity index (χ3v) is 3.54. The van der Waals surface area contributed by atoms with Crippen LogP contribution in [0.4, 0.5) is 0 Å². The van der Waals surface area contributed by atoms with Crippen molar-refractivity contribution in [1.82, 2.24) is 0 Å². The topological polar surface area (TPSA) is 26.3 Å². The zero-order chi connectivity index (χ0) is 13.8. The molecule has 0 aliphatic rings. The molecule has 2 aromatic rings. The number of ether oxygens (including phenoxy) is 1. The van der Waals surface area contributed by atoms with Gasteiger partial charge in [-0.1, -0.05) is 35.3 Å². The Morgan fingerprint density at radius 1 is 1.11 bits per heavy atom. The highest BCUT2D eigenvalue weighted by Crippen LogP contribution is 2.26. The Kier molecular flexibility index (Phi) is 4.46. The highest BCUT2D eigenvalue weighted by atomic mass is 35.5. The minimum atomic E-state index is 0.0319. The van der Waals surface area contributed by atoms with Gasteiger partial charge in [-0.2, -0.15) is 0 Å². The van der Waals surface area contributed by atoms with Gasteiger partial charge in [0, 0.05) is 11.1 Å². The van der Waals surface area contributed by atoms with Crippen molar-refractivity contribution in [2.45, 2.75) is 13.5 Å². The van der Waals surface area contributed by atoms with Crippen LogP contribution < -0.4 is 4.74 Å². The van der Waals surface area contributed by atoms with Gasteiger partial charge in [0.15, 0.2) is 5.78 Å². The Labute approximate surface area is 121 Å². The van der Waals surface area contributed by atoms with Crippen LogP contribution in [-0.4, -0.2) is 5.78 Å². The summed E-state index contributed by atoms with van der Waals surface area (Å²) in [6, 6.07) is 12.4. The first-order valence-corrected chi connectivity index (χ1v) is 6.50. The minimum Gasteiger partial charge on any atom is -0.489 e. The van der Waals surface area contributed by atoms with Crippen LogP contribution in [0.15, 0.2) is 42.5 Å². The predicted molar refractivity (Wildman–Crippen MR) is 77.2 cm³/mol. The lowest BCUT2D eigenvalue weighted by atomic mass is 10.1. The van der Waals surface area contributed by atoms with Crippen LogP contribution in [0, 0.1) is 0 Å². The molecule has 0 N–H and O–H groups in total. The molecule has 0 heterocycles. The van der Waals surface area contributed by atoms with E-state index in [2.05, 4.69) is 0 Å². The molecule has 0 bridgehead atoms. The molecule has 0 saturated heterocycles. The molecule has 0 atom stereocenters. The molecule has 4 heteroatoms. The van der Waals surface area contributed by atoms with Gasteiger partial charge < -0.3 is 4.74 Å². The van der Waals surface area contributed by atoms with E-state index in [9.17, 15) is 4.79 Å². The minimum absolute atomic E-state index is 0.0319. The first kappa shape index (κ1) is 13.9. The number of halogens is 2. The Morgan fingerprint density at radius 3 is 2.42 bits per heavy atom. The first-order chi connectivity index (χ1) is 9.08. The molecule has 0 saturated carbocycles. The Bertz CT molecular complexity index is 592. The smallest absolute Gasteiger partial charge is 0.159 e. The SMILES string of the molecule is CC(=O)c1ccc(OCc2cccc(Cl)c2Cl)cc1. The van der Waals surface area contributed by atoms with Crippen molar-refractivity contribution < 1.29 is 9.53 Å². The van der Waals surface area contributed by atoms with Crippen molar-refractivity contribution >= 4 is 29.0 Å². The van der Waals surface area contributed by atoms with E-state index in [1.54, 1.807) is 30.3 Å². The van der Waals surface area contributed by atoms with Gasteiger partial charge in [0.05, 0.1) is 10.0 Å². The van der Waals surface area contributed by atoms with E-state index in [4.69, 9.17) is 27.9 Å². The fourth-order valence-electron chi connectivity index (χ4n) is 1.61. The zero-order valence-corrected chi connectivity index (χ0v) is 11.8. The van der Waals surface area contributed by atoms with E-state index in [0.717, 1.165) is 5.56 Å². The van der Waals surface area contributed by atoms with Gasteiger partial charge in [-0.05, 0) is 37.3 Å². The van der Waals surface area contributed by atoms with Crippen LogP contribution >= 0.6 is 23.2 Å². The van der Waals surface area contributed by atoms with Crippen molar-refractivity contribution in [3.63, 3.8) is 0 Å². The molecule has 0 aliphatic heterocycles. The number of benzene rings is 2. The number of Topliss-reactive ketones (excluding diaryl/α,β-unsaturated/α-hetero) is 1. The number of ketones is 1. The van der Waals surface area contributed by atoms with Gasteiger partial charge in [0.25, 0.3) is 0 Å². The lowest BCUT2D eigenvalue weighted by Gasteiger charge is -2.09. The van der Waals surface area contributed by atoms with Crippen molar-refractivity contribution in [1.29, 1.82) is 0 Å². The summed E-state index contributed by atoms with van der Waals surface area (Å²) in [6.07, 6.45) is 0. The molecule has 98 valence electrons. The van der Waals surface area contributed by atoms with Crippen LogP contribution in [0.1, 0.15) is 22.8 Å². The van der Waals surface area contributed by atoms with Crippen LogP contribution in [-0.2, 0) is 6.61 Å². The summed E-state index contributed by atoms with van der Waals surface area (Å²) in [5, 5.41) is 1.01. The molecule has 0 fully saturated rings. The van der Waals surface area contributed by atoms with E-state index in [1.165, 1.54) is 6.92 Å². The average molecular weight is 295 g/mol. The highest BCUT2D eigenvalue weighted by molar-refractivity contribution is 6.42. The third-order valence-electron chi connectivity index (χ3n) is 2.69. The predicted octanol–water partition coefficient (Wildman–Crippen LogP) is 4.78. The normalized spacial score (nSPS) is 10.3. The maximum Gasteiger partial charge on any atom is 0.159 e. The summed E-state index contributed by atoms with van der Waals surface area (Å²) in [5.74, 6) is 0.713.